The molecule has 1 aliphatic rings. The molecule has 0 aliphatic carbocycles. The van der Waals surface area contributed by atoms with Crippen LogP contribution in [0.25, 0.3) is 33.3 Å². The SMILES string of the molecule is COc1cccc2c(-c3ccc(-c4ccsc4)cn3)cn(CC3CCCN(C)C3)c12. The number of benzene rings is 1. The van der Waals surface area contributed by atoms with Gasteiger partial charge in [0.1, 0.15) is 5.75 Å². The molecule has 4 heterocycles. The third kappa shape index (κ3) is 3.64. The third-order valence-electron chi connectivity index (χ3n) is 6.15. The number of pyridine rings is 1. The summed E-state index contributed by atoms with van der Waals surface area (Å²) < 4.78 is 8.14. The number of nitrogens with zero attached hydrogens (tertiary/aromatic N) is 3. The molecule has 1 atom stereocenters. The van der Waals surface area contributed by atoms with Crippen molar-refractivity contribution in [3.8, 4) is 28.1 Å². The quantitative estimate of drug-likeness (QED) is 0.412. The Morgan fingerprint density at radius 1 is 1.17 bits per heavy atom. The molecule has 0 amide bonds. The first-order valence-electron chi connectivity index (χ1n) is 10.6. The van der Waals surface area contributed by atoms with Crippen molar-refractivity contribution >= 4 is 22.2 Å². The molecular weight excluding hydrogens is 390 g/mol. The topological polar surface area (TPSA) is 30.3 Å². The zero-order chi connectivity index (χ0) is 20.5. The minimum absolute atomic E-state index is 0.658. The Morgan fingerprint density at radius 2 is 2.10 bits per heavy atom. The second-order valence-electron chi connectivity index (χ2n) is 8.27. The number of hydrogen-bond donors (Lipinski definition) is 0. The fraction of sp³-hybridized carbons (Fsp3) is 0.320. The Bertz CT molecular complexity index is 1130. The highest BCUT2D eigenvalue weighted by Gasteiger charge is 2.21. The summed E-state index contributed by atoms with van der Waals surface area (Å²) in [6, 6.07) is 12.8. The molecule has 30 heavy (non-hydrogen) atoms. The van der Waals surface area contributed by atoms with Crippen LogP contribution in [0.1, 0.15) is 12.8 Å². The standard InChI is InChI=1S/C25H27N3OS/c1-27-11-4-5-18(14-27)15-28-16-22(21-6-3-7-24(29-2)25(21)28)23-9-8-19(13-26-23)20-10-12-30-17-20/h3,6-10,12-13,16-18H,4-5,11,14-15H2,1-2H3. The zero-order valence-corrected chi connectivity index (χ0v) is 18.4. The van der Waals surface area contributed by atoms with E-state index in [-0.39, 0.29) is 0 Å². The van der Waals surface area contributed by atoms with Gasteiger partial charge < -0.3 is 14.2 Å². The van der Waals surface area contributed by atoms with Gasteiger partial charge in [-0.05, 0) is 66.9 Å². The monoisotopic (exact) mass is 417 g/mol. The number of likely N-dealkylation sites (tertiary alicyclic amines) is 1. The lowest BCUT2D eigenvalue weighted by molar-refractivity contribution is 0.195. The van der Waals surface area contributed by atoms with Crippen molar-refractivity contribution in [2.45, 2.75) is 19.4 Å². The van der Waals surface area contributed by atoms with Crippen molar-refractivity contribution in [2.75, 3.05) is 27.2 Å². The minimum atomic E-state index is 0.658. The van der Waals surface area contributed by atoms with Crippen molar-refractivity contribution in [3.63, 3.8) is 0 Å². The van der Waals surface area contributed by atoms with Gasteiger partial charge in [-0.15, -0.1) is 0 Å². The van der Waals surface area contributed by atoms with E-state index < -0.39 is 0 Å². The highest BCUT2D eigenvalue weighted by Crippen LogP contribution is 2.36. The highest BCUT2D eigenvalue weighted by molar-refractivity contribution is 7.08. The van der Waals surface area contributed by atoms with Crippen molar-refractivity contribution in [1.29, 1.82) is 0 Å². The molecule has 0 radical (unpaired) electrons. The lowest BCUT2D eigenvalue weighted by Gasteiger charge is -2.30. The number of methoxy groups -OCH3 is 1. The van der Waals surface area contributed by atoms with E-state index in [2.05, 4.69) is 69.9 Å². The fourth-order valence-electron chi connectivity index (χ4n) is 4.69. The van der Waals surface area contributed by atoms with E-state index in [1.807, 2.05) is 6.20 Å². The van der Waals surface area contributed by atoms with Gasteiger partial charge in [0.05, 0.1) is 18.3 Å². The van der Waals surface area contributed by atoms with E-state index >= 15 is 0 Å². The van der Waals surface area contributed by atoms with Crippen molar-refractivity contribution in [3.05, 3.63) is 59.6 Å². The highest BCUT2D eigenvalue weighted by atomic mass is 32.1. The van der Waals surface area contributed by atoms with E-state index in [1.54, 1.807) is 18.4 Å². The Balaban J connectivity index is 1.55. The summed E-state index contributed by atoms with van der Waals surface area (Å²) in [7, 11) is 3.99. The average Bonchev–Trinajstić information content (AvgIpc) is 3.43. The molecule has 5 rings (SSSR count). The van der Waals surface area contributed by atoms with Gasteiger partial charge in [0.25, 0.3) is 0 Å². The zero-order valence-electron chi connectivity index (χ0n) is 17.5. The van der Waals surface area contributed by atoms with Crippen LogP contribution in [-0.2, 0) is 6.54 Å². The number of para-hydroxylation sites is 1. The van der Waals surface area contributed by atoms with Crippen LogP contribution >= 0.6 is 11.3 Å². The van der Waals surface area contributed by atoms with E-state index in [1.165, 1.54) is 41.4 Å². The Morgan fingerprint density at radius 3 is 2.83 bits per heavy atom. The maximum Gasteiger partial charge on any atom is 0.143 e. The maximum atomic E-state index is 5.75. The van der Waals surface area contributed by atoms with E-state index in [0.29, 0.717) is 5.92 Å². The van der Waals surface area contributed by atoms with E-state index in [9.17, 15) is 0 Å². The van der Waals surface area contributed by atoms with Gasteiger partial charge in [-0.1, -0.05) is 18.2 Å². The lowest BCUT2D eigenvalue weighted by atomic mass is 9.98. The summed E-state index contributed by atoms with van der Waals surface area (Å²) in [5.41, 5.74) is 5.74. The molecule has 0 saturated carbocycles. The summed E-state index contributed by atoms with van der Waals surface area (Å²) in [6.07, 6.45) is 6.81. The lowest BCUT2D eigenvalue weighted by Crippen LogP contribution is -2.33. The van der Waals surface area contributed by atoms with Crippen molar-refractivity contribution < 1.29 is 4.74 Å². The van der Waals surface area contributed by atoms with Crippen LogP contribution in [0.15, 0.2) is 59.6 Å². The molecule has 1 unspecified atom stereocenters. The molecule has 1 aromatic carbocycles. The second-order valence-corrected chi connectivity index (χ2v) is 9.05. The minimum Gasteiger partial charge on any atom is -0.495 e. The van der Waals surface area contributed by atoms with E-state index in [4.69, 9.17) is 9.72 Å². The van der Waals surface area contributed by atoms with Crippen LogP contribution in [-0.4, -0.2) is 41.7 Å². The van der Waals surface area contributed by atoms with Gasteiger partial charge in [-0.3, -0.25) is 4.98 Å². The molecule has 3 aromatic heterocycles. The first-order valence-corrected chi connectivity index (χ1v) is 11.5. The molecule has 5 heteroatoms. The summed E-state index contributed by atoms with van der Waals surface area (Å²) in [4.78, 5) is 7.27. The number of piperidine rings is 1. The van der Waals surface area contributed by atoms with Gasteiger partial charge in [0.15, 0.2) is 0 Å². The van der Waals surface area contributed by atoms with Gasteiger partial charge >= 0.3 is 0 Å². The maximum absolute atomic E-state index is 5.75. The summed E-state index contributed by atoms with van der Waals surface area (Å²) >= 11 is 1.71. The predicted molar refractivity (Wildman–Crippen MR) is 125 cm³/mol. The second kappa shape index (κ2) is 8.25. The molecule has 1 aliphatic heterocycles. The third-order valence-corrected chi connectivity index (χ3v) is 6.84. The van der Waals surface area contributed by atoms with Crippen LogP contribution in [0.3, 0.4) is 0 Å². The first-order chi connectivity index (χ1) is 14.7. The molecule has 1 saturated heterocycles. The van der Waals surface area contributed by atoms with Gasteiger partial charge in [0, 0.05) is 42.0 Å². The number of rotatable bonds is 5. The van der Waals surface area contributed by atoms with Crippen LogP contribution in [0.2, 0.25) is 0 Å². The molecular formula is C25H27N3OS. The number of hydrogen-bond acceptors (Lipinski definition) is 4. The van der Waals surface area contributed by atoms with Gasteiger partial charge in [0.2, 0.25) is 0 Å². The number of aromatic nitrogens is 2. The number of fused-ring (bicyclic) bond motifs is 1. The molecule has 1 fully saturated rings. The van der Waals surface area contributed by atoms with Crippen molar-refractivity contribution in [1.82, 2.24) is 14.5 Å². The smallest absolute Gasteiger partial charge is 0.143 e. The Hall–Kier alpha value is -2.63. The Kier molecular flexibility index (Phi) is 5.32. The molecule has 154 valence electrons. The molecule has 4 nitrogen and oxygen atoms in total. The van der Waals surface area contributed by atoms with E-state index in [0.717, 1.165) is 30.1 Å². The van der Waals surface area contributed by atoms with Gasteiger partial charge in [-0.2, -0.15) is 11.3 Å². The van der Waals surface area contributed by atoms with Crippen LogP contribution < -0.4 is 4.74 Å². The normalized spacial score (nSPS) is 17.5. The largest absolute Gasteiger partial charge is 0.495 e. The van der Waals surface area contributed by atoms with Crippen LogP contribution in [0.4, 0.5) is 0 Å². The fourth-order valence-corrected chi connectivity index (χ4v) is 5.36. The first kappa shape index (κ1) is 19.3. The average molecular weight is 418 g/mol. The predicted octanol–water partition coefficient (Wildman–Crippen LogP) is 5.78. The van der Waals surface area contributed by atoms with Gasteiger partial charge in [-0.25, -0.2) is 0 Å². The molecule has 4 aromatic rings. The number of thiophene rings is 1. The van der Waals surface area contributed by atoms with Crippen LogP contribution in [0.5, 0.6) is 5.75 Å². The summed E-state index contributed by atoms with van der Waals surface area (Å²) in [5, 5.41) is 5.47. The molecule has 0 N–H and O–H groups in total. The molecule has 0 spiro atoms. The summed E-state index contributed by atoms with van der Waals surface area (Å²) in [6.45, 7) is 3.36. The molecule has 0 bridgehead atoms. The number of ether oxygens (including phenoxy) is 1. The summed E-state index contributed by atoms with van der Waals surface area (Å²) in [5.74, 6) is 1.59. The van der Waals surface area contributed by atoms with Crippen LogP contribution in [0, 0.1) is 5.92 Å². The van der Waals surface area contributed by atoms with Crippen molar-refractivity contribution in [2.24, 2.45) is 5.92 Å². The Labute approximate surface area is 181 Å².